The molecule has 0 saturated carbocycles. The average Bonchev–Trinajstić information content (AvgIpc) is 2.13. The summed E-state index contributed by atoms with van der Waals surface area (Å²) in [4.78, 5) is 28.2. The van der Waals surface area contributed by atoms with Crippen LogP contribution in [0.2, 0.25) is 0 Å². The maximum atomic E-state index is 9.94. The third-order valence-electron chi connectivity index (χ3n) is 1.66. The SMILES string of the molecule is CC(CNCC(C)O[N+](=O)[O-])CO[N+](=O)[O-]. The van der Waals surface area contributed by atoms with E-state index in [9.17, 15) is 20.2 Å². The number of nitrogens with one attached hydrogen (secondary N) is 1. The Hall–Kier alpha value is -1.64. The molecule has 94 valence electrons. The molecule has 9 heteroatoms. The lowest BCUT2D eigenvalue weighted by atomic mass is 10.2. The fourth-order valence-corrected chi connectivity index (χ4v) is 0.964. The van der Waals surface area contributed by atoms with E-state index in [2.05, 4.69) is 15.0 Å². The van der Waals surface area contributed by atoms with Crippen LogP contribution in [0, 0.1) is 26.1 Å². The Balaban J connectivity index is 3.49. The molecule has 0 aromatic carbocycles. The molecule has 0 fully saturated rings. The van der Waals surface area contributed by atoms with E-state index >= 15 is 0 Å². The molecule has 2 unspecified atom stereocenters. The molecule has 0 aliphatic heterocycles. The summed E-state index contributed by atoms with van der Waals surface area (Å²) in [6.45, 7) is 4.05. The van der Waals surface area contributed by atoms with E-state index in [1.165, 1.54) is 0 Å². The van der Waals surface area contributed by atoms with Crippen LogP contribution in [0.4, 0.5) is 0 Å². The first-order valence-corrected chi connectivity index (χ1v) is 4.71. The molecule has 0 aromatic rings. The first-order valence-electron chi connectivity index (χ1n) is 4.71. The van der Waals surface area contributed by atoms with Crippen LogP contribution >= 0.6 is 0 Å². The molecule has 0 bridgehead atoms. The summed E-state index contributed by atoms with van der Waals surface area (Å²) in [6, 6.07) is 0. The molecule has 16 heavy (non-hydrogen) atoms. The van der Waals surface area contributed by atoms with Crippen LogP contribution in [0.3, 0.4) is 0 Å². The molecule has 0 amide bonds. The summed E-state index contributed by atoms with van der Waals surface area (Å²) >= 11 is 0. The minimum atomic E-state index is -0.856. The van der Waals surface area contributed by atoms with Crippen LogP contribution in [0.25, 0.3) is 0 Å². The van der Waals surface area contributed by atoms with Crippen molar-refractivity contribution in [2.45, 2.75) is 20.0 Å². The van der Waals surface area contributed by atoms with Gasteiger partial charge in [0.25, 0.3) is 10.2 Å². The van der Waals surface area contributed by atoms with Crippen LogP contribution in [-0.2, 0) is 9.68 Å². The van der Waals surface area contributed by atoms with Crippen molar-refractivity contribution in [3.8, 4) is 0 Å². The first kappa shape index (κ1) is 14.4. The van der Waals surface area contributed by atoms with Crippen LogP contribution < -0.4 is 5.32 Å². The summed E-state index contributed by atoms with van der Waals surface area (Å²) in [5.74, 6) is -0.0618. The van der Waals surface area contributed by atoms with Gasteiger partial charge in [0.05, 0.1) is 0 Å². The van der Waals surface area contributed by atoms with Gasteiger partial charge < -0.3 is 15.0 Å². The fourth-order valence-electron chi connectivity index (χ4n) is 0.964. The highest BCUT2D eigenvalue weighted by atomic mass is 17.0. The van der Waals surface area contributed by atoms with Crippen molar-refractivity contribution in [2.75, 3.05) is 19.7 Å². The normalized spacial score (nSPS) is 13.9. The van der Waals surface area contributed by atoms with Gasteiger partial charge >= 0.3 is 0 Å². The van der Waals surface area contributed by atoms with Gasteiger partial charge in [-0.2, -0.15) is 0 Å². The van der Waals surface area contributed by atoms with Crippen molar-refractivity contribution < 1.29 is 19.8 Å². The fraction of sp³-hybridized carbons (Fsp3) is 1.00. The second-order valence-corrected chi connectivity index (χ2v) is 3.42. The molecule has 0 radical (unpaired) electrons. The van der Waals surface area contributed by atoms with Gasteiger partial charge in [-0.3, -0.25) is 0 Å². The Morgan fingerprint density at radius 2 is 1.81 bits per heavy atom. The lowest BCUT2D eigenvalue weighted by molar-refractivity contribution is -0.767. The lowest BCUT2D eigenvalue weighted by Gasteiger charge is -2.13. The van der Waals surface area contributed by atoms with Crippen LogP contribution in [0.1, 0.15) is 13.8 Å². The molecule has 0 aliphatic carbocycles. The lowest BCUT2D eigenvalue weighted by Crippen LogP contribution is -2.32. The topological polar surface area (TPSA) is 117 Å². The quantitative estimate of drug-likeness (QED) is 0.443. The molecule has 9 nitrogen and oxygen atoms in total. The molecule has 0 heterocycles. The molecular formula is C7H15N3O6. The Morgan fingerprint density at radius 3 is 2.31 bits per heavy atom. The van der Waals surface area contributed by atoms with E-state index in [1.54, 1.807) is 13.8 Å². The predicted molar refractivity (Wildman–Crippen MR) is 52.5 cm³/mol. The standard InChI is InChI=1S/C7H15N3O6/c1-6(5-15-9(11)12)3-8-4-7(2)16-10(13)14/h6-8H,3-5H2,1-2H3. The number of hydrogen-bond acceptors (Lipinski definition) is 7. The first-order chi connectivity index (χ1) is 7.41. The molecule has 0 saturated heterocycles. The van der Waals surface area contributed by atoms with E-state index < -0.39 is 16.3 Å². The minimum absolute atomic E-state index is 0.00945. The zero-order valence-corrected chi connectivity index (χ0v) is 9.12. The Morgan fingerprint density at radius 1 is 1.19 bits per heavy atom. The number of rotatable bonds is 9. The van der Waals surface area contributed by atoms with Crippen molar-refractivity contribution in [1.29, 1.82) is 0 Å². The maximum absolute atomic E-state index is 9.94. The molecule has 1 N–H and O–H groups in total. The van der Waals surface area contributed by atoms with Gasteiger partial charge in [-0.1, -0.05) is 6.92 Å². The second-order valence-electron chi connectivity index (χ2n) is 3.42. The van der Waals surface area contributed by atoms with Crippen molar-refractivity contribution in [3.63, 3.8) is 0 Å². The molecule has 0 spiro atoms. The number of hydrogen-bond donors (Lipinski definition) is 1. The van der Waals surface area contributed by atoms with E-state index in [-0.39, 0.29) is 12.5 Å². The van der Waals surface area contributed by atoms with E-state index in [4.69, 9.17) is 0 Å². The maximum Gasteiger partial charge on any atom is 0.294 e. The summed E-state index contributed by atoms with van der Waals surface area (Å²) in [6.07, 6.45) is -0.557. The van der Waals surface area contributed by atoms with Gasteiger partial charge in [0, 0.05) is 6.54 Å². The highest BCUT2D eigenvalue weighted by molar-refractivity contribution is 4.58. The summed E-state index contributed by atoms with van der Waals surface area (Å²) < 4.78 is 0. The van der Waals surface area contributed by atoms with Crippen molar-refractivity contribution in [2.24, 2.45) is 5.92 Å². The van der Waals surface area contributed by atoms with Crippen LogP contribution in [0.5, 0.6) is 0 Å². The molecule has 2 atom stereocenters. The van der Waals surface area contributed by atoms with E-state index in [1.807, 2.05) is 0 Å². The highest BCUT2D eigenvalue weighted by Crippen LogP contribution is 1.95. The smallest absolute Gasteiger partial charge is 0.294 e. The van der Waals surface area contributed by atoms with Crippen molar-refractivity contribution >= 4 is 0 Å². The molecular weight excluding hydrogens is 222 g/mol. The van der Waals surface area contributed by atoms with Gasteiger partial charge in [0.15, 0.2) is 0 Å². The summed E-state index contributed by atoms with van der Waals surface area (Å²) in [7, 11) is 0. The zero-order valence-electron chi connectivity index (χ0n) is 9.12. The van der Waals surface area contributed by atoms with E-state index in [0.29, 0.717) is 13.1 Å². The van der Waals surface area contributed by atoms with Crippen LogP contribution in [-0.4, -0.2) is 36.0 Å². The van der Waals surface area contributed by atoms with Crippen LogP contribution in [0.15, 0.2) is 0 Å². The van der Waals surface area contributed by atoms with Crippen molar-refractivity contribution in [3.05, 3.63) is 20.2 Å². The third-order valence-corrected chi connectivity index (χ3v) is 1.66. The average molecular weight is 237 g/mol. The monoisotopic (exact) mass is 237 g/mol. The zero-order chi connectivity index (χ0) is 12.6. The van der Waals surface area contributed by atoms with Gasteiger partial charge in [-0.15, -0.1) is 20.2 Å². The molecule has 0 rings (SSSR count). The largest absolute Gasteiger partial charge is 0.314 e. The van der Waals surface area contributed by atoms with Gasteiger partial charge in [-0.05, 0) is 19.4 Å². The third kappa shape index (κ3) is 8.94. The Labute approximate surface area is 91.9 Å². The predicted octanol–water partition coefficient (Wildman–Crippen LogP) is 0.0172. The molecule has 0 aromatic heterocycles. The minimum Gasteiger partial charge on any atom is -0.314 e. The van der Waals surface area contributed by atoms with Gasteiger partial charge in [0.2, 0.25) is 0 Å². The van der Waals surface area contributed by atoms with Gasteiger partial charge in [0.1, 0.15) is 12.7 Å². The van der Waals surface area contributed by atoms with E-state index in [0.717, 1.165) is 0 Å². The van der Waals surface area contributed by atoms with Gasteiger partial charge in [-0.25, -0.2) is 0 Å². The highest BCUT2D eigenvalue weighted by Gasteiger charge is 2.08. The molecule has 0 aliphatic rings. The Bertz CT molecular complexity index is 236. The summed E-state index contributed by atoms with van der Waals surface area (Å²) in [5.41, 5.74) is 0. The van der Waals surface area contributed by atoms with Crippen molar-refractivity contribution in [1.82, 2.24) is 5.32 Å². The number of nitrogens with zero attached hydrogens (tertiary/aromatic N) is 2. The second kappa shape index (κ2) is 7.63. The summed E-state index contributed by atoms with van der Waals surface area (Å²) in [5, 5.41) is 21.0. The Kier molecular flexibility index (Phi) is 6.84.